The van der Waals surface area contributed by atoms with Gasteiger partial charge in [0.1, 0.15) is 5.25 Å². The average molecular weight is 265 g/mol. The van der Waals surface area contributed by atoms with E-state index in [9.17, 15) is 22.2 Å². The van der Waals surface area contributed by atoms with Crippen LogP contribution in [0.5, 0.6) is 0 Å². The average Bonchev–Trinajstić information content (AvgIpc) is 2.83. The third-order valence-corrected chi connectivity index (χ3v) is 5.00. The predicted molar refractivity (Wildman–Crippen MR) is 58.4 cm³/mol. The van der Waals surface area contributed by atoms with E-state index < -0.39 is 21.0 Å². The lowest BCUT2D eigenvalue weighted by molar-refractivity contribution is -0.134. The van der Waals surface area contributed by atoms with Crippen molar-refractivity contribution in [2.75, 3.05) is 13.2 Å². The summed E-state index contributed by atoms with van der Waals surface area (Å²) in [5.74, 6) is -0.368. The molecule has 7 heteroatoms. The van der Waals surface area contributed by atoms with Gasteiger partial charge < -0.3 is 10.0 Å². The fraction of sp³-hybridized carbons (Fsp3) is 0.900. The number of aliphatic hydroxyl groups excluding tert-OH is 1. The number of aliphatic hydroxyl groups is 1. The molecule has 1 aliphatic carbocycles. The van der Waals surface area contributed by atoms with Crippen LogP contribution in [0.4, 0.5) is 3.89 Å². The summed E-state index contributed by atoms with van der Waals surface area (Å²) in [6.07, 6.45) is 2.82. The van der Waals surface area contributed by atoms with E-state index in [1.54, 1.807) is 0 Å². The number of likely N-dealkylation sites (tertiary alicyclic amines) is 1. The van der Waals surface area contributed by atoms with Gasteiger partial charge in [0.2, 0.25) is 5.91 Å². The van der Waals surface area contributed by atoms with Crippen molar-refractivity contribution in [1.82, 2.24) is 4.90 Å². The second kappa shape index (κ2) is 4.20. The molecule has 0 aromatic carbocycles. The zero-order chi connectivity index (χ0) is 12.7. The summed E-state index contributed by atoms with van der Waals surface area (Å²) in [6.45, 7) is -0.310. The Balaban J connectivity index is 2.20. The number of hydrogen-bond acceptors (Lipinski definition) is 4. The number of nitrogens with zero attached hydrogens (tertiary/aromatic N) is 1. The van der Waals surface area contributed by atoms with Crippen LogP contribution in [-0.4, -0.2) is 48.3 Å². The third kappa shape index (κ3) is 2.18. The number of carbonyl (C=O) groups is 1. The Morgan fingerprint density at radius 3 is 2.41 bits per heavy atom. The molecule has 0 aromatic heterocycles. The largest absolute Gasteiger partial charge is 0.394 e. The van der Waals surface area contributed by atoms with Gasteiger partial charge in [-0.05, 0) is 12.8 Å². The highest BCUT2D eigenvalue weighted by atomic mass is 32.3. The first-order valence-electron chi connectivity index (χ1n) is 5.74. The van der Waals surface area contributed by atoms with E-state index >= 15 is 0 Å². The van der Waals surface area contributed by atoms with Gasteiger partial charge in [-0.25, -0.2) is 0 Å². The van der Waals surface area contributed by atoms with Crippen molar-refractivity contribution in [3.05, 3.63) is 0 Å². The molecule has 1 amide bonds. The Bertz CT molecular complexity index is 416. The SMILES string of the molecule is O=C1CC(S(=O)(=O)F)CN1C1(CO)CCCC1. The zero-order valence-corrected chi connectivity index (χ0v) is 10.2. The molecule has 1 saturated carbocycles. The summed E-state index contributed by atoms with van der Waals surface area (Å²) in [7, 11) is -4.68. The molecule has 5 nitrogen and oxygen atoms in total. The first kappa shape index (κ1) is 12.8. The van der Waals surface area contributed by atoms with Crippen molar-refractivity contribution in [3.63, 3.8) is 0 Å². The Kier molecular flexibility index (Phi) is 3.15. The highest BCUT2D eigenvalue weighted by Gasteiger charge is 2.48. The second-order valence-corrected chi connectivity index (χ2v) is 6.51. The van der Waals surface area contributed by atoms with Crippen LogP contribution in [0.3, 0.4) is 0 Å². The number of rotatable bonds is 3. The fourth-order valence-corrected chi connectivity index (χ4v) is 3.54. The molecule has 0 bridgehead atoms. The summed E-state index contributed by atoms with van der Waals surface area (Å²) < 4.78 is 34.5. The first-order chi connectivity index (χ1) is 7.89. The van der Waals surface area contributed by atoms with Crippen LogP contribution in [0.15, 0.2) is 0 Å². The van der Waals surface area contributed by atoms with Crippen molar-refractivity contribution < 1.29 is 22.2 Å². The quantitative estimate of drug-likeness (QED) is 0.739. The molecule has 98 valence electrons. The van der Waals surface area contributed by atoms with Crippen molar-refractivity contribution in [3.8, 4) is 0 Å². The molecular weight excluding hydrogens is 249 g/mol. The van der Waals surface area contributed by atoms with E-state index in [-0.39, 0.29) is 25.5 Å². The maximum absolute atomic E-state index is 12.9. The molecule has 1 saturated heterocycles. The molecule has 1 atom stereocenters. The normalized spacial score (nSPS) is 28.9. The van der Waals surface area contributed by atoms with Gasteiger partial charge in [-0.2, -0.15) is 8.42 Å². The highest BCUT2D eigenvalue weighted by Crippen LogP contribution is 2.38. The molecule has 1 unspecified atom stereocenters. The maximum Gasteiger partial charge on any atom is 0.307 e. The van der Waals surface area contributed by atoms with Gasteiger partial charge in [0.05, 0.1) is 12.1 Å². The summed E-state index contributed by atoms with van der Waals surface area (Å²) in [5.41, 5.74) is -0.656. The first-order valence-corrected chi connectivity index (χ1v) is 7.18. The minimum Gasteiger partial charge on any atom is -0.394 e. The molecule has 1 aliphatic heterocycles. The van der Waals surface area contributed by atoms with Gasteiger partial charge in [-0.3, -0.25) is 4.79 Å². The van der Waals surface area contributed by atoms with Crippen LogP contribution in [0.2, 0.25) is 0 Å². The third-order valence-electron chi connectivity index (χ3n) is 3.89. The number of carbonyl (C=O) groups excluding carboxylic acids is 1. The van der Waals surface area contributed by atoms with Gasteiger partial charge >= 0.3 is 10.2 Å². The molecule has 1 N–H and O–H groups in total. The lowest BCUT2D eigenvalue weighted by atomic mass is 9.97. The monoisotopic (exact) mass is 265 g/mol. The molecule has 0 aromatic rings. The molecule has 0 radical (unpaired) electrons. The smallest absolute Gasteiger partial charge is 0.307 e. The maximum atomic E-state index is 12.9. The van der Waals surface area contributed by atoms with Gasteiger partial charge in [0, 0.05) is 13.0 Å². The van der Waals surface area contributed by atoms with Gasteiger partial charge in [-0.15, -0.1) is 3.89 Å². The minimum absolute atomic E-state index is 0.127. The van der Waals surface area contributed by atoms with Crippen LogP contribution >= 0.6 is 0 Å². The molecular formula is C10H16FNO4S. The van der Waals surface area contributed by atoms with Crippen molar-refractivity contribution >= 4 is 16.1 Å². The van der Waals surface area contributed by atoms with E-state index in [1.807, 2.05) is 0 Å². The lowest BCUT2D eigenvalue weighted by Gasteiger charge is -2.37. The topological polar surface area (TPSA) is 74.7 Å². The van der Waals surface area contributed by atoms with Crippen LogP contribution < -0.4 is 0 Å². The lowest BCUT2D eigenvalue weighted by Crippen LogP contribution is -2.50. The minimum atomic E-state index is -4.68. The van der Waals surface area contributed by atoms with Crippen LogP contribution in [0, 0.1) is 0 Å². The van der Waals surface area contributed by atoms with Crippen LogP contribution in [0.1, 0.15) is 32.1 Å². The van der Waals surface area contributed by atoms with E-state index in [4.69, 9.17) is 0 Å². The van der Waals surface area contributed by atoms with Gasteiger partial charge in [0.25, 0.3) is 0 Å². The van der Waals surface area contributed by atoms with Gasteiger partial charge in [0.15, 0.2) is 0 Å². The summed E-state index contributed by atoms with van der Waals surface area (Å²) in [6, 6.07) is 0. The molecule has 0 spiro atoms. The molecule has 1 heterocycles. The van der Waals surface area contributed by atoms with Crippen molar-refractivity contribution in [1.29, 1.82) is 0 Å². The van der Waals surface area contributed by atoms with Gasteiger partial charge in [-0.1, -0.05) is 12.8 Å². The van der Waals surface area contributed by atoms with Crippen LogP contribution in [-0.2, 0) is 15.0 Å². The van der Waals surface area contributed by atoms with E-state index in [1.165, 1.54) is 4.90 Å². The number of halogens is 1. The van der Waals surface area contributed by atoms with Crippen molar-refractivity contribution in [2.45, 2.75) is 42.9 Å². The predicted octanol–water partition coefficient (Wildman–Crippen LogP) is 0.192. The number of hydrogen-bond donors (Lipinski definition) is 1. The zero-order valence-electron chi connectivity index (χ0n) is 9.43. The summed E-state index contributed by atoms with van der Waals surface area (Å²) in [5, 5.41) is 8.18. The Hall–Kier alpha value is -0.690. The second-order valence-electron chi connectivity index (χ2n) is 4.90. The van der Waals surface area contributed by atoms with E-state index in [0.717, 1.165) is 12.8 Å². The molecule has 2 aliphatic rings. The molecule has 2 fully saturated rings. The molecule has 2 rings (SSSR count). The highest BCUT2D eigenvalue weighted by molar-refractivity contribution is 7.87. The van der Waals surface area contributed by atoms with Crippen LogP contribution in [0.25, 0.3) is 0 Å². The van der Waals surface area contributed by atoms with Crippen molar-refractivity contribution in [2.24, 2.45) is 0 Å². The fourth-order valence-electron chi connectivity index (χ4n) is 2.87. The van der Waals surface area contributed by atoms with E-state index in [2.05, 4.69) is 0 Å². The Morgan fingerprint density at radius 2 is 2.00 bits per heavy atom. The standard InChI is InChI=1S/C10H16FNO4S/c11-17(15,16)8-5-9(14)12(6-8)10(7-13)3-1-2-4-10/h8,13H,1-7H2. The Morgan fingerprint density at radius 1 is 1.41 bits per heavy atom. The number of amides is 1. The summed E-state index contributed by atoms with van der Waals surface area (Å²) in [4.78, 5) is 13.1. The van der Waals surface area contributed by atoms with E-state index in [0.29, 0.717) is 12.8 Å². The summed E-state index contributed by atoms with van der Waals surface area (Å²) >= 11 is 0. The Labute approximate surface area is 99.8 Å². The molecule has 17 heavy (non-hydrogen) atoms.